The minimum Gasteiger partial charge on any atom is -0.346 e. The van der Waals surface area contributed by atoms with Crippen LogP contribution < -0.4 is 10.6 Å². The first-order chi connectivity index (χ1) is 12.6. The molecule has 4 heteroatoms. The summed E-state index contributed by atoms with van der Waals surface area (Å²) in [5, 5.41) is 5.98. The molecule has 1 fully saturated rings. The number of carbonyl (C=O) groups is 2. The van der Waals surface area contributed by atoms with Gasteiger partial charge in [0, 0.05) is 17.2 Å². The molecule has 1 unspecified atom stereocenters. The van der Waals surface area contributed by atoms with Gasteiger partial charge in [0.15, 0.2) is 0 Å². The lowest BCUT2D eigenvalue weighted by Gasteiger charge is -2.21. The van der Waals surface area contributed by atoms with E-state index in [-0.39, 0.29) is 23.8 Å². The zero-order chi connectivity index (χ0) is 18.4. The molecule has 0 saturated heterocycles. The largest absolute Gasteiger partial charge is 0.346 e. The molecule has 3 rings (SSSR count). The summed E-state index contributed by atoms with van der Waals surface area (Å²) in [4.78, 5) is 24.9. The molecule has 2 N–H and O–H groups in total. The maximum Gasteiger partial charge on any atom is 0.251 e. The average molecular weight is 350 g/mol. The molecule has 0 aliphatic heterocycles. The van der Waals surface area contributed by atoms with Crippen molar-refractivity contribution >= 4 is 17.5 Å². The molecule has 26 heavy (non-hydrogen) atoms. The van der Waals surface area contributed by atoms with Crippen molar-refractivity contribution in [2.75, 3.05) is 5.32 Å². The van der Waals surface area contributed by atoms with Gasteiger partial charge in [-0.1, -0.05) is 55.7 Å². The zero-order valence-electron chi connectivity index (χ0n) is 15.2. The van der Waals surface area contributed by atoms with Crippen LogP contribution in [0.15, 0.2) is 54.6 Å². The SMILES string of the molecule is CC(NC(=O)c1cccc(NC(=O)C2CCCCC2)c1)c1ccccc1. The Bertz CT molecular complexity index is 752. The van der Waals surface area contributed by atoms with Crippen molar-refractivity contribution in [1.82, 2.24) is 5.32 Å². The van der Waals surface area contributed by atoms with Gasteiger partial charge in [0.1, 0.15) is 0 Å². The number of carbonyl (C=O) groups excluding carboxylic acids is 2. The van der Waals surface area contributed by atoms with Crippen molar-refractivity contribution < 1.29 is 9.59 Å². The minimum absolute atomic E-state index is 0.0694. The molecule has 0 radical (unpaired) electrons. The summed E-state index contributed by atoms with van der Waals surface area (Å²) >= 11 is 0. The minimum atomic E-state index is -0.143. The highest BCUT2D eigenvalue weighted by atomic mass is 16.2. The van der Waals surface area contributed by atoms with Crippen molar-refractivity contribution in [1.29, 1.82) is 0 Å². The third-order valence-corrected chi connectivity index (χ3v) is 5.02. The molecular formula is C22H26N2O2. The van der Waals surface area contributed by atoms with Gasteiger partial charge in [-0.15, -0.1) is 0 Å². The Labute approximate surface area is 155 Å². The lowest BCUT2D eigenvalue weighted by Crippen LogP contribution is -2.27. The molecule has 2 aromatic rings. The Morgan fingerprint density at radius 2 is 1.69 bits per heavy atom. The van der Waals surface area contributed by atoms with Crippen LogP contribution in [0.3, 0.4) is 0 Å². The normalized spacial score (nSPS) is 15.9. The summed E-state index contributed by atoms with van der Waals surface area (Å²) in [6, 6.07) is 16.9. The monoisotopic (exact) mass is 350 g/mol. The van der Waals surface area contributed by atoms with Crippen LogP contribution in [0.4, 0.5) is 5.69 Å². The van der Waals surface area contributed by atoms with Crippen LogP contribution in [-0.2, 0) is 4.79 Å². The molecule has 0 heterocycles. The number of nitrogens with one attached hydrogen (secondary N) is 2. The molecule has 1 atom stereocenters. The second-order valence-corrected chi connectivity index (χ2v) is 7.01. The standard InChI is InChI=1S/C22H26N2O2/c1-16(17-9-4-2-5-10-17)23-22(26)19-13-8-14-20(15-19)24-21(25)18-11-6-3-7-12-18/h2,4-5,8-10,13-16,18H,3,6-7,11-12H2,1H3,(H,23,26)(H,24,25). The Balaban J connectivity index is 1.62. The van der Waals surface area contributed by atoms with Crippen LogP contribution >= 0.6 is 0 Å². The predicted octanol–water partition coefficient (Wildman–Crippen LogP) is 4.70. The van der Waals surface area contributed by atoms with E-state index < -0.39 is 0 Å². The fourth-order valence-corrected chi connectivity index (χ4v) is 3.45. The van der Waals surface area contributed by atoms with Gasteiger partial charge in [0.25, 0.3) is 5.91 Å². The van der Waals surface area contributed by atoms with Crippen molar-refractivity contribution in [2.45, 2.75) is 45.1 Å². The van der Waals surface area contributed by atoms with E-state index in [0.29, 0.717) is 11.3 Å². The number of hydrogen-bond donors (Lipinski definition) is 2. The van der Waals surface area contributed by atoms with Crippen molar-refractivity contribution in [3.05, 3.63) is 65.7 Å². The zero-order valence-corrected chi connectivity index (χ0v) is 15.2. The first kappa shape index (κ1) is 18.2. The van der Waals surface area contributed by atoms with Crippen LogP contribution in [0, 0.1) is 5.92 Å². The third kappa shape index (κ3) is 4.72. The first-order valence-corrected chi connectivity index (χ1v) is 9.40. The first-order valence-electron chi connectivity index (χ1n) is 9.40. The molecule has 0 bridgehead atoms. The Morgan fingerprint density at radius 3 is 2.42 bits per heavy atom. The van der Waals surface area contributed by atoms with E-state index in [1.54, 1.807) is 18.2 Å². The molecule has 0 spiro atoms. The van der Waals surface area contributed by atoms with Crippen LogP contribution in [0.25, 0.3) is 0 Å². The van der Waals surface area contributed by atoms with Crippen LogP contribution in [0.1, 0.15) is 61.0 Å². The summed E-state index contributed by atoms with van der Waals surface area (Å²) in [6.07, 6.45) is 5.38. The van der Waals surface area contributed by atoms with Crippen molar-refractivity contribution in [3.63, 3.8) is 0 Å². The summed E-state index contributed by atoms with van der Waals surface area (Å²) in [6.45, 7) is 1.96. The van der Waals surface area contributed by atoms with Gasteiger partial charge in [0.05, 0.1) is 6.04 Å². The van der Waals surface area contributed by atoms with Crippen LogP contribution in [0.5, 0.6) is 0 Å². The van der Waals surface area contributed by atoms with Crippen molar-refractivity contribution in [3.8, 4) is 0 Å². The molecule has 1 saturated carbocycles. The van der Waals surface area contributed by atoms with Crippen molar-refractivity contribution in [2.24, 2.45) is 5.92 Å². The second kappa shape index (κ2) is 8.65. The highest BCUT2D eigenvalue weighted by molar-refractivity contribution is 5.97. The lowest BCUT2D eigenvalue weighted by molar-refractivity contribution is -0.120. The van der Waals surface area contributed by atoms with E-state index in [9.17, 15) is 9.59 Å². The lowest BCUT2D eigenvalue weighted by atomic mass is 9.88. The maximum absolute atomic E-state index is 12.5. The Hall–Kier alpha value is -2.62. The molecule has 1 aliphatic rings. The van der Waals surface area contributed by atoms with Gasteiger partial charge in [-0.05, 0) is 43.5 Å². The molecule has 4 nitrogen and oxygen atoms in total. The topological polar surface area (TPSA) is 58.2 Å². The number of rotatable bonds is 5. The van der Waals surface area contributed by atoms with Crippen LogP contribution in [-0.4, -0.2) is 11.8 Å². The van der Waals surface area contributed by atoms with E-state index in [4.69, 9.17) is 0 Å². The summed E-state index contributed by atoms with van der Waals surface area (Å²) in [5.41, 5.74) is 2.29. The molecule has 1 aliphatic carbocycles. The van der Waals surface area contributed by atoms with E-state index in [1.165, 1.54) is 6.42 Å². The molecule has 2 amide bonds. The van der Waals surface area contributed by atoms with Crippen LogP contribution in [0.2, 0.25) is 0 Å². The second-order valence-electron chi connectivity index (χ2n) is 7.01. The van der Waals surface area contributed by atoms with E-state index in [1.807, 2.05) is 43.3 Å². The fourth-order valence-electron chi connectivity index (χ4n) is 3.45. The van der Waals surface area contributed by atoms with Gasteiger partial charge in [-0.3, -0.25) is 9.59 Å². The summed E-state index contributed by atoms with van der Waals surface area (Å²) in [7, 11) is 0. The average Bonchev–Trinajstić information content (AvgIpc) is 2.69. The number of anilines is 1. The summed E-state index contributed by atoms with van der Waals surface area (Å²) in [5.74, 6) is 0.0226. The maximum atomic E-state index is 12.5. The number of amides is 2. The Kier molecular flexibility index (Phi) is 6.05. The Morgan fingerprint density at radius 1 is 0.962 bits per heavy atom. The third-order valence-electron chi connectivity index (χ3n) is 5.02. The number of hydrogen-bond acceptors (Lipinski definition) is 2. The van der Waals surface area contributed by atoms with Gasteiger partial charge in [-0.25, -0.2) is 0 Å². The number of benzene rings is 2. The van der Waals surface area contributed by atoms with Gasteiger partial charge in [-0.2, -0.15) is 0 Å². The van der Waals surface area contributed by atoms with Gasteiger partial charge in [0.2, 0.25) is 5.91 Å². The molecular weight excluding hydrogens is 324 g/mol. The van der Waals surface area contributed by atoms with Gasteiger partial charge >= 0.3 is 0 Å². The highest BCUT2D eigenvalue weighted by Crippen LogP contribution is 2.25. The van der Waals surface area contributed by atoms with E-state index in [2.05, 4.69) is 10.6 Å². The quantitative estimate of drug-likeness (QED) is 0.821. The summed E-state index contributed by atoms with van der Waals surface area (Å²) < 4.78 is 0. The molecule has 2 aromatic carbocycles. The predicted molar refractivity (Wildman–Crippen MR) is 104 cm³/mol. The molecule has 136 valence electrons. The highest BCUT2D eigenvalue weighted by Gasteiger charge is 2.21. The molecule has 0 aromatic heterocycles. The fraction of sp³-hybridized carbons (Fsp3) is 0.364. The van der Waals surface area contributed by atoms with E-state index >= 15 is 0 Å². The smallest absolute Gasteiger partial charge is 0.251 e. The van der Waals surface area contributed by atoms with Gasteiger partial charge < -0.3 is 10.6 Å². The van der Waals surface area contributed by atoms with E-state index in [0.717, 1.165) is 31.2 Å².